The predicted molar refractivity (Wildman–Crippen MR) is 87.0 cm³/mol. The van der Waals surface area contributed by atoms with Crippen molar-refractivity contribution >= 4 is 5.97 Å². The molecule has 116 valence electrons. The second-order valence-corrected chi connectivity index (χ2v) is 3.41. The van der Waals surface area contributed by atoms with E-state index in [1.807, 2.05) is 0 Å². The summed E-state index contributed by atoms with van der Waals surface area (Å²) < 4.78 is 149. The summed E-state index contributed by atoms with van der Waals surface area (Å²) in [5, 5.41) is 8.57. The van der Waals surface area contributed by atoms with Crippen LogP contribution >= 0.6 is 0 Å². The third-order valence-electron chi connectivity index (χ3n) is 1.85. The van der Waals surface area contributed by atoms with Crippen molar-refractivity contribution in [3.63, 3.8) is 0 Å². The number of allylic oxidation sites excluding steroid dienone is 4. The zero-order valence-corrected chi connectivity index (χ0v) is 11.0. The molecule has 0 saturated heterocycles. The molecule has 0 aromatic rings. The van der Waals surface area contributed by atoms with Crippen LogP contribution in [-0.4, -0.2) is 11.1 Å². The summed E-state index contributed by atoms with van der Waals surface area (Å²) >= 11 is 0. The predicted octanol–water partition coefficient (Wildman–Crippen LogP) is 5.88. The van der Waals surface area contributed by atoms with Crippen LogP contribution in [0.3, 0.4) is 0 Å². The molecule has 0 aliphatic heterocycles. The van der Waals surface area contributed by atoms with Crippen molar-refractivity contribution in [2.45, 2.75) is 83.5 Å². The Hall–Kier alpha value is -1.05. The molecule has 2 heteroatoms. The van der Waals surface area contributed by atoms with Crippen molar-refractivity contribution in [1.29, 1.82) is 0 Å². The number of hydrogen-bond donors (Lipinski definition) is 1. The fraction of sp³-hybridized carbons (Fsp3) is 0.722. The van der Waals surface area contributed by atoms with Crippen molar-refractivity contribution in [2.75, 3.05) is 0 Å². The highest BCUT2D eigenvalue weighted by atomic mass is 16.4. The lowest BCUT2D eigenvalue weighted by Crippen LogP contribution is -1.92. The van der Waals surface area contributed by atoms with Gasteiger partial charge in [-0.05, 0) is 32.0 Å². The smallest absolute Gasteiger partial charge is 0.303 e. The number of unbranched alkanes of at least 4 members (excludes halogenated alkanes) is 1. The molecule has 0 spiro atoms. The zero-order valence-electron chi connectivity index (χ0n) is 30.0. The maximum atomic E-state index is 10.5. The van der Waals surface area contributed by atoms with E-state index in [-0.39, 0.29) is 12.8 Å². The second kappa shape index (κ2) is 16.0. The lowest BCUT2D eigenvalue weighted by molar-refractivity contribution is -0.137. The lowest BCUT2D eigenvalue weighted by Gasteiger charge is -1.98. The second-order valence-electron chi connectivity index (χ2n) is 3.41. The Balaban J connectivity index is 6.32. The topological polar surface area (TPSA) is 37.3 Å². The number of rotatable bonds is 14. The van der Waals surface area contributed by atoms with Crippen LogP contribution in [0, 0.1) is 0 Å². The van der Waals surface area contributed by atoms with E-state index < -0.39 is 63.8 Å². The molecule has 0 rings (SSSR count). The molecule has 0 fully saturated rings. The van der Waals surface area contributed by atoms with Gasteiger partial charge in [0.1, 0.15) is 0 Å². The van der Waals surface area contributed by atoms with Gasteiger partial charge in [0.25, 0.3) is 0 Å². The van der Waals surface area contributed by atoms with Gasteiger partial charge in [-0.15, -0.1) is 0 Å². The van der Waals surface area contributed by atoms with E-state index in [4.69, 9.17) is 31.2 Å². The third-order valence-corrected chi connectivity index (χ3v) is 1.85. The largest absolute Gasteiger partial charge is 0.481 e. The molecule has 0 amide bonds. The summed E-state index contributed by atoms with van der Waals surface area (Å²) in [6, 6.07) is 0. The molecular weight excluding hydrogens is 248 g/mol. The first-order valence-electron chi connectivity index (χ1n) is 15.5. The van der Waals surface area contributed by atoms with Gasteiger partial charge >= 0.3 is 5.97 Å². The molecule has 1 N–H and O–H groups in total. The SMILES string of the molecule is [2H]C([2H])([2H])C([2H])([2H])C([2H])([2H])C([2H])([2H])C([2H])([2H])C([2H])([2H])C([2H])([2H])C([2H])([2H])C([2H])([2H])/C=C\C/C=C\CCCC(=O)O. The van der Waals surface area contributed by atoms with Crippen LogP contribution in [0.2, 0.25) is 0 Å². The van der Waals surface area contributed by atoms with Crippen LogP contribution in [0.25, 0.3) is 0 Å². The minimum atomic E-state index is -4.46. The molecule has 0 saturated carbocycles. The van der Waals surface area contributed by atoms with Gasteiger partial charge < -0.3 is 5.11 Å². The molecule has 0 unspecified atom stereocenters. The van der Waals surface area contributed by atoms with Crippen molar-refractivity contribution in [2.24, 2.45) is 0 Å². The Morgan fingerprint density at radius 3 is 2.50 bits per heavy atom. The summed E-state index contributed by atoms with van der Waals surface area (Å²) in [5.41, 5.74) is 0. The van der Waals surface area contributed by atoms with E-state index in [9.17, 15) is 4.79 Å². The third kappa shape index (κ3) is 16.9. The van der Waals surface area contributed by atoms with Crippen molar-refractivity contribution < 1.29 is 35.9 Å². The van der Waals surface area contributed by atoms with E-state index >= 15 is 0 Å². The van der Waals surface area contributed by atoms with Crippen LogP contribution < -0.4 is 0 Å². The maximum absolute atomic E-state index is 10.5. The minimum Gasteiger partial charge on any atom is -0.481 e. The minimum absolute atomic E-state index is 0.0215. The van der Waals surface area contributed by atoms with Gasteiger partial charge in [-0.1, -0.05) is 69.4 Å². The first kappa shape index (κ1) is 4.47. The first-order chi connectivity index (χ1) is 16.9. The lowest BCUT2D eigenvalue weighted by atomic mass is 10.1. The van der Waals surface area contributed by atoms with Crippen LogP contribution in [0.4, 0.5) is 0 Å². The van der Waals surface area contributed by atoms with Gasteiger partial charge in [-0.2, -0.15) is 0 Å². The first-order valence-corrected chi connectivity index (χ1v) is 5.96. The Bertz CT molecular complexity index is 914. The molecule has 0 aliphatic carbocycles. The van der Waals surface area contributed by atoms with Gasteiger partial charge in [0, 0.05) is 32.5 Å². The number of carboxylic acids is 1. The highest BCUT2D eigenvalue weighted by Crippen LogP contribution is 2.08. The average molecular weight is 300 g/mol. The van der Waals surface area contributed by atoms with Gasteiger partial charge in [-0.25, -0.2) is 0 Å². The van der Waals surface area contributed by atoms with Gasteiger partial charge in [-0.3, -0.25) is 4.79 Å². The Morgan fingerprint density at radius 2 is 1.75 bits per heavy atom. The molecule has 0 aliphatic rings. The van der Waals surface area contributed by atoms with Gasteiger partial charge in [0.15, 0.2) is 0 Å². The van der Waals surface area contributed by atoms with Crippen molar-refractivity contribution in [3.8, 4) is 0 Å². The Labute approximate surface area is 151 Å². The van der Waals surface area contributed by atoms with E-state index in [0.717, 1.165) is 6.08 Å². The molecular formula is C18H32O2. The Kier molecular flexibility index (Phi) is 3.58. The Morgan fingerprint density at radius 1 is 1.05 bits per heavy atom. The summed E-state index contributed by atoms with van der Waals surface area (Å²) in [6.07, 6.45) is -28.0. The van der Waals surface area contributed by atoms with Crippen LogP contribution in [0.15, 0.2) is 24.3 Å². The van der Waals surface area contributed by atoms with E-state index in [2.05, 4.69) is 0 Å². The molecule has 2 nitrogen and oxygen atoms in total. The standard InChI is InChI=1S/C18H32O2/c1-2-3-4-5-6-7-8-9-10-11-12-13-14-15-16-17-18(19)20/h10-11,13-14H,2-9,12,15-17H2,1H3,(H,19,20)/b11-10-,14-13-/i1D3,2D2,3D2,4D2,5D2,6D2,7D2,8D2,9D2. The average Bonchev–Trinajstić information content (AvgIpc) is 2.73. The summed E-state index contributed by atoms with van der Waals surface area (Å²) in [6.45, 7) is -3.87. The van der Waals surface area contributed by atoms with Crippen molar-refractivity contribution in [1.82, 2.24) is 0 Å². The molecule has 0 heterocycles. The number of aliphatic carboxylic acids is 1. The highest BCUT2D eigenvalue weighted by Gasteiger charge is 1.92. The van der Waals surface area contributed by atoms with Crippen molar-refractivity contribution in [3.05, 3.63) is 24.3 Å². The number of carboxylic acid groups (broad SMARTS) is 1. The fourth-order valence-electron chi connectivity index (χ4n) is 1.02. The fourth-order valence-corrected chi connectivity index (χ4v) is 1.02. The maximum Gasteiger partial charge on any atom is 0.303 e. The van der Waals surface area contributed by atoms with Gasteiger partial charge in [0.2, 0.25) is 0 Å². The quantitative estimate of drug-likeness (QED) is 0.321. The monoisotopic (exact) mass is 299 g/mol. The highest BCUT2D eigenvalue weighted by molar-refractivity contribution is 5.66. The molecule has 0 aromatic carbocycles. The molecule has 0 radical (unpaired) electrons. The molecule has 0 aromatic heterocycles. The van der Waals surface area contributed by atoms with E-state index in [1.165, 1.54) is 6.08 Å². The summed E-state index contributed by atoms with van der Waals surface area (Å²) in [4.78, 5) is 10.5. The normalized spacial score (nSPS) is 32.1. The van der Waals surface area contributed by atoms with Crippen LogP contribution in [-0.2, 0) is 4.79 Å². The van der Waals surface area contributed by atoms with Gasteiger partial charge in [0.05, 0.1) is 0 Å². The summed E-state index contributed by atoms with van der Waals surface area (Å²) in [5.74, 6) is -0.988. The van der Waals surface area contributed by atoms with Crippen LogP contribution in [0.1, 0.15) is 110 Å². The zero-order chi connectivity index (χ0) is 31.7. The molecule has 0 atom stereocenters. The molecule has 20 heavy (non-hydrogen) atoms. The number of carbonyl (C=O) groups is 1. The van der Waals surface area contributed by atoms with Crippen LogP contribution in [0.5, 0.6) is 0 Å². The van der Waals surface area contributed by atoms with E-state index in [1.54, 1.807) is 6.08 Å². The number of hydrogen-bond acceptors (Lipinski definition) is 1. The summed E-state index contributed by atoms with van der Waals surface area (Å²) in [7, 11) is 0. The van der Waals surface area contributed by atoms with E-state index in [0.29, 0.717) is 18.9 Å². The molecule has 0 bridgehead atoms.